The highest BCUT2D eigenvalue weighted by molar-refractivity contribution is 8.03. The molecule has 0 saturated heterocycles. The molecule has 1 heterocycles. The van der Waals surface area contributed by atoms with Crippen molar-refractivity contribution in [2.75, 3.05) is 18.8 Å². The van der Waals surface area contributed by atoms with Crippen molar-refractivity contribution in [1.29, 1.82) is 0 Å². The minimum Gasteiger partial charge on any atom is -0.449 e. The van der Waals surface area contributed by atoms with Gasteiger partial charge in [0, 0.05) is 13.1 Å². The summed E-state index contributed by atoms with van der Waals surface area (Å²) in [6.45, 7) is 3.71. The predicted molar refractivity (Wildman–Crippen MR) is 94.3 cm³/mol. The fourth-order valence-corrected chi connectivity index (χ4v) is 3.57. The molecule has 2 rings (SSSR count). The molecular formula is C18H22FNO3S. The van der Waals surface area contributed by atoms with E-state index < -0.39 is 6.16 Å². The number of carboxylic acid groups (broad SMARTS) is 1. The Morgan fingerprint density at radius 3 is 2.79 bits per heavy atom. The van der Waals surface area contributed by atoms with E-state index in [0.717, 1.165) is 48.7 Å². The van der Waals surface area contributed by atoms with Crippen molar-refractivity contribution >= 4 is 17.9 Å². The van der Waals surface area contributed by atoms with Crippen molar-refractivity contribution in [1.82, 2.24) is 4.90 Å². The summed E-state index contributed by atoms with van der Waals surface area (Å²) in [6.07, 6.45) is 5.10. The highest BCUT2D eigenvalue weighted by Gasteiger charge is 2.19. The highest BCUT2D eigenvalue weighted by Crippen LogP contribution is 2.29. The van der Waals surface area contributed by atoms with Gasteiger partial charge in [-0.3, -0.25) is 0 Å². The van der Waals surface area contributed by atoms with E-state index in [2.05, 4.69) is 11.8 Å². The van der Waals surface area contributed by atoms with Gasteiger partial charge in [0.05, 0.1) is 0 Å². The molecule has 1 aliphatic rings. The maximum absolute atomic E-state index is 12.9. The Labute approximate surface area is 146 Å². The molecule has 130 valence electrons. The van der Waals surface area contributed by atoms with Crippen LogP contribution in [0.1, 0.15) is 25.3 Å². The lowest BCUT2D eigenvalue weighted by Gasteiger charge is -2.29. The predicted octanol–water partition coefficient (Wildman–Crippen LogP) is 4.64. The monoisotopic (exact) mass is 351 g/mol. The summed E-state index contributed by atoms with van der Waals surface area (Å²) < 4.78 is 17.8. The van der Waals surface area contributed by atoms with E-state index in [1.807, 2.05) is 6.08 Å². The molecule has 0 aliphatic carbocycles. The van der Waals surface area contributed by atoms with E-state index in [1.165, 1.54) is 12.1 Å². The highest BCUT2D eigenvalue weighted by atomic mass is 32.2. The summed E-state index contributed by atoms with van der Waals surface area (Å²) in [5.41, 5.74) is 1.10. The fraction of sp³-hybridized carbons (Fsp3) is 0.389. The largest absolute Gasteiger partial charge is 0.511 e. The molecule has 0 amide bonds. The maximum atomic E-state index is 12.9. The molecule has 24 heavy (non-hydrogen) atoms. The van der Waals surface area contributed by atoms with Crippen LogP contribution in [0, 0.1) is 5.82 Å². The SMILES string of the molecule is CCCN1CC=CC(OC(=O)O)=C1SCCCc1ccc(F)cc1. The first kappa shape index (κ1) is 18.4. The molecule has 1 aromatic rings. The first-order valence-corrected chi connectivity index (χ1v) is 9.02. The van der Waals surface area contributed by atoms with E-state index in [4.69, 9.17) is 9.84 Å². The molecule has 0 radical (unpaired) electrons. The van der Waals surface area contributed by atoms with Gasteiger partial charge in [0.2, 0.25) is 0 Å². The van der Waals surface area contributed by atoms with Crippen LogP contribution in [0.3, 0.4) is 0 Å². The molecule has 4 nitrogen and oxygen atoms in total. The van der Waals surface area contributed by atoms with Crippen LogP contribution in [0.5, 0.6) is 0 Å². The smallest absolute Gasteiger partial charge is 0.449 e. The van der Waals surface area contributed by atoms with Crippen molar-refractivity contribution in [3.05, 3.63) is 58.6 Å². The molecule has 6 heteroatoms. The first-order valence-electron chi connectivity index (χ1n) is 8.04. The maximum Gasteiger partial charge on any atom is 0.511 e. The Bertz CT molecular complexity index is 613. The van der Waals surface area contributed by atoms with Crippen molar-refractivity contribution in [2.45, 2.75) is 26.2 Å². The van der Waals surface area contributed by atoms with Gasteiger partial charge in [0.15, 0.2) is 5.76 Å². The first-order chi connectivity index (χ1) is 11.6. The number of hydrogen-bond donors (Lipinski definition) is 1. The third kappa shape index (κ3) is 5.60. The third-order valence-corrected chi connectivity index (χ3v) is 4.77. The zero-order chi connectivity index (χ0) is 17.4. The second-order valence-corrected chi connectivity index (χ2v) is 6.55. The number of nitrogens with zero attached hydrogens (tertiary/aromatic N) is 1. The Kier molecular flexibility index (Phi) is 7.18. The van der Waals surface area contributed by atoms with E-state index >= 15 is 0 Å². The Hall–Kier alpha value is -1.95. The van der Waals surface area contributed by atoms with Crippen LogP contribution >= 0.6 is 11.8 Å². The fourth-order valence-electron chi connectivity index (χ4n) is 2.49. The molecule has 0 spiro atoms. The quantitative estimate of drug-likeness (QED) is 0.546. The van der Waals surface area contributed by atoms with Gasteiger partial charge in [-0.25, -0.2) is 9.18 Å². The van der Waals surface area contributed by atoms with Crippen molar-refractivity contribution < 1.29 is 19.0 Å². The number of carbonyl (C=O) groups is 1. The van der Waals surface area contributed by atoms with Crippen LogP contribution in [0.15, 0.2) is 47.2 Å². The third-order valence-electron chi connectivity index (χ3n) is 3.55. The topological polar surface area (TPSA) is 49.8 Å². The van der Waals surface area contributed by atoms with Crippen molar-refractivity contribution in [3.8, 4) is 0 Å². The number of rotatable bonds is 8. The van der Waals surface area contributed by atoms with Crippen molar-refractivity contribution in [3.63, 3.8) is 0 Å². The number of benzene rings is 1. The summed E-state index contributed by atoms with van der Waals surface area (Å²) >= 11 is 1.61. The van der Waals surface area contributed by atoms with Crippen LogP contribution in [-0.4, -0.2) is 35.0 Å². The Balaban J connectivity index is 1.94. The molecule has 0 aromatic heterocycles. The minimum absolute atomic E-state index is 0.224. The number of aryl methyl sites for hydroxylation is 1. The van der Waals surface area contributed by atoms with Crippen LogP contribution in [-0.2, 0) is 11.2 Å². The van der Waals surface area contributed by atoms with Crippen LogP contribution in [0.25, 0.3) is 0 Å². The Morgan fingerprint density at radius 1 is 1.38 bits per heavy atom. The minimum atomic E-state index is -1.29. The standard InChI is InChI=1S/C18H22FNO3S/c1-2-11-20-12-3-6-16(23-18(21)22)17(20)24-13-4-5-14-7-9-15(19)10-8-14/h3,6-10H,2,4-5,11-13H2,1H3,(H,21,22). The molecule has 0 unspecified atom stereocenters. The number of hydrogen-bond acceptors (Lipinski definition) is 4. The number of thioether (sulfide) groups is 1. The molecule has 0 atom stereocenters. The molecule has 0 bridgehead atoms. The van der Waals surface area contributed by atoms with Gasteiger partial charge in [-0.2, -0.15) is 0 Å². The lowest BCUT2D eigenvalue weighted by Crippen LogP contribution is -2.27. The van der Waals surface area contributed by atoms with Gasteiger partial charge < -0.3 is 14.7 Å². The average Bonchev–Trinajstić information content (AvgIpc) is 2.55. The summed E-state index contributed by atoms with van der Waals surface area (Å²) in [4.78, 5) is 13.0. The number of halogens is 1. The van der Waals surface area contributed by atoms with Crippen LogP contribution < -0.4 is 0 Å². The molecule has 1 N–H and O–H groups in total. The second kappa shape index (κ2) is 9.37. The summed E-state index contributed by atoms with van der Waals surface area (Å²) in [6, 6.07) is 6.54. The molecule has 1 aromatic carbocycles. The lowest BCUT2D eigenvalue weighted by atomic mass is 10.1. The molecule has 1 aliphatic heterocycles. The molecule has 0 fully saturated rings. The molecule has 0 saturated carbocycles. The number of ether oxygens (including phenoxy) is 1. The van der Waals surface area contributed by atoms with Gasteiger partial charge in [-0.05, 0) is 48.8 Å². The average molecular weight is 351 g/mol. The zero-order valence-electron chi connectivity index (χ0n) is 13.7. The summed E-state index contributed by atoms with van der Waals surface area (Å²) in [7, 11) is 0. The van der Waals surface area contributed by atoms with Gasteiger partial charge in [0.25, 0.3) is 0 Å². The van der Waals surface area contributed by atoms with Crippen molar-refractivity contribution in [2.24, 2.45) is 0 Å². The normalized spacial score (nSPS) is 14.2. The second-order valence-electron chi connectivity index (χ2n) is 5.46. The summed E-state index contributed by atoms with van der Waals surface area (Å²) in [5, 5.41) is 9.77. The number of allylic oxidation sites excluding steroid dienone is 1. The Morgan fingerprint density at radius 2 is 2.12 bits per heavy atom. The van der Waals surface area contributed by atoms with Gasteiger partial charge in [0.1, 0.15) is 10.8 Å². The van der Waals surface area contributed by atoms with E-state index in [9.17, 15) is 9.18 Å². The molecular weight excluding hydrogens is 329 g/mol. The summed E-state index contributed by atoms with van der Waals surface area (Å²) in [5.74, 6) is 1.01. The van der Waals surface area contributed by atoms with E-state index in [0.29, 0.717) is 5.76 Å². The van der Waals surface area contributed by atoms with E-state index in [1.54, 1.807) is 30.0 Å². The van der Waals surface area contributed by atoms with Crippen LogP contribution in [0.2, 0.25) is 0 Å². The van der Waals surface area contributed by atoms with Gasteiger partial charge in [-0.15, -0.1) is 11.8 Å². The van der Waals surface area contributed by atoms with E-state index in [-0.39, 0.29) is 5.82 Å². The lowest BCUT2D eigenvalue weighted by molar-refractivity contribution is 0.119. The zero-order valence-corrected chi connectivity index (χ0v) is 14.5. The van der Waals surface area contributed by atoms with Gasteiger partial charge in [-0.1, -0.05) is 25.1 Å². The van der Waals surface area contributed by atoms with Crippen LogP contribution in [0.4, 0.5) is 9.18 Å². The van der Waals surface area contributed by atoms with Gasteiger partial charge >= 0.3 is 6.16 Å².